The second kappa shape index (κ2) is 7.75. The average Bonchev–Trinajstić information content (AvgIpc) is 3.15. The number of halogens is 4. The molecule has 0 radical (unpaired) electrons. The molecule has 0 saturated heterocycles. The maximum Gasteiger partial charge on any atom is 0.522 e. The van der Waals surface area contributed by atoms with E-state index in [1.807, 2.05) is 0 Å². The zero-order valence-electron chi connectivity index (χ0n) is 18.3. The van der Waals surface area contributed by atoms with E-state index in [1.54, 1.807) is 24.4 Å². The zero-order chi connectivity index (χ0) is 24.6. The first kappa shape index (κ1) is 22.9. The van der Waals surface area contributed by atoms with Crippen LogP contribution >= 0.6 is 11.6 Å². The summed E-state index contributed by atoms with van der Waals surface area (Å²) in [6.07, 6.45) is -3.63. The maximum atomic E-state index is 12.9. The maximum absolute atomic E-state index is 12.9. The molecule has 188 valence electrons. The number of fused-ring (bicyclic) bond motifs is 1. The number of benzene rings is 1. The van der Waals surface area contributed by atoms with Gasteiger partial charge in [-0.25, -0.2) is 0 Å². The van der Waals surface area contributed by atoms with Crippen LogP contribution in [-0.4, -0.2) is 46.2 Å². The van der Waals surface area contributed by atoms with E-state index in [4.69, 9.17) is 25.5 Å². The third-order valence-corrected chi connectivity index (χ3v) is 7.61. The fourth-order valence-electron chi connectivity index (χ4n) is 5.70. The number of alkyl halides is 3. The van der Waals surface area contributed by atoms with Crippen molar-refractivity contribution in [3.8, 4) is 11.8 Å². The number of carbonyl (C=O) groups is 1. The summed E-state index contributed by atoms with van der Waals surface area (Å²) in [5.41, 5.74) is -0.0188. The molecule has 2 atom stereocenters. The molecule has 2 heterocycles. The van der Waals surface area contributed by atoms with Gasteiger partial charge in [-0.1, -0.05) is 11.6 Å². The molecule has 1 aromatic carbocycles. The van der Waals surface area contributed by atoms with E-state index in [1.165, 1.54) is 0 Å². The number of amides is 1. The van der Waals surface area contributed by atoms with Gasteiger partial charge in [-0.2, -0.15) is 4.98 Å². The van der Waals surface area contributed by atoms with Gasteiger partial charge < -0.3 is 24.3 Å². The van der Waals surface area contributed by atoms with E-state index in [2.05, 4.69) is 15.0 Å². The Morgan fingerprint density at radius 1 is 1.20 bits per heavy atom. The SMILES string of the molecule is O=C(NC12CC(c3cnc(O[C@H]4C[C@@H](OC(F)(F)F)C4)o3)(C1)C2)[C@H]1C[C@@H](O)c2cc(Cl)ccc2O1. The summed E-state index contributed by atoms with van der Waals surface area (Å²) < 4.78 is 57.7. The number of nitrogens with zero attached hydrogens (tertiary/aromatic N) is 1. The third-order valence-electron chi connectivity index (χ3n) is 7.38. The van der Waals surface area contributed by atoms with Crippen LogP contribution in [0.4, 0.5) is 13.2 Å². The van der Waals surface area contributed by atoms with Gasteiger partial charge in [0.05, 0.1) is 18.4 Å². The second-order valence-corrected chi connectivity index (χ2v) is 10.4. The fourth-order valence-corrected chi connectivity index (χ4v) is 5.88. The van der Waals surface area contributed by atoms with Crippen molar-refractivity contribution in [3.63, 3.8) is 0 Å². The lowest BCUT2D eigenvalue weighted by molar-refractivity contribution is -0.355. The fraction of sp³-hybridized carbons (Fsp3) is 0.565. The Balaban J connectivity index is 1.00. The molecule has 12 heteroatoms. The van der Waals surface area contributed by atoms with Gasteiger partial charge in [-0.15, -0.1) is 13.2 Å². The number of rotatable bonds is 6. The lowest BCUT2D eigenvalue weighted by Crippen LogP contribution is -2.77. The molecule has 4 saturated carbocycles. The van der Waals surface area contributed by atoms with Gasteiger partial charge in [-0.05, 0) is 37.5 Å². The van der Waals surface area contributed by atoms with Gasteiger partial charge >= 0.3 is 12.4 Å². The minimum absolute atomic E-state index is 0.0293. The van der Waals surface area contributed by atoms with E-state index in [0.717, 1.165) is 0 Å². The molecule has 0 unspecified atom stereocenters. The first-order valence-electron chi connectivity index (χ1n) is 11.4. The third kappa shape index (κ3) is 4.13. The molecule has 7 rings (SSSR count). The number of aliphatic hydroxyl groups excluding tert-OH is 1. The first-order chi connectivity index (χ1) is 16.5. The van der Waals surface area contributed by atoms with Gasteiger partial charge in [0, 0.05) is 40.8 Å². The smallest absolute Gasteiger partial charge is 0.480 e. The summed E-state index contributed by atoms with van der Waals surface area (Å²) in [4.78, 5) is 17.0. The highest BCUT2D eigenvalue weighted by Crippen LogP contribution is 2.68. The largest absolute Gasteiger partial charge is 0.522 e. The number of aliphatic hydroxyl groups is 1. The van der Waals surface area contributed by atoms with Gasteiger partial charge in [0.25, 0.3) is 5.91 Å². The minimum Gasteiger partial charge on any atom is -0.480 e. The number of nitrogens with one attached hydrogen (secondary N) is 1. The molecular formula is C23H22ClF3N2O6. The summed E-state index contributed by atoms with van der Waals surface area (Å²) >= 11 is 5.98. The molecule has 8 nitrogen and oxygen atoms in total. The van der Waals surface area contributed by atoms with Crippen LogP contribution < -0.4 is 14.8 Å². The molecule has 35 heavy (non-hydrogen) atoms. The Morgan fingerprint density at radius 2 is 1.94 bits per heavy atom. The number of carbonyl (C=O) groups excluding carboxylic acids is 1. The monoisotopic (exact) mass is 514 g/mol. The molecule has 2 N–H and O–H groups in total. The number of oxazole rings is 1. The van der Waals surface area contributed by atoms with Gasteiger partial charge in [-0.3, -0.25) is 9.53 Å². The molecule has 2 bridgehead atoms. The Hall–Kier alpha value is -2.50. The van der Waals surface area contributed by atoms with Crippen LogP contribution in [0.1, 0.15) is 56.0 Å². The summed E-state index contributed by atoms with van der Waals surface area (Å²) in [7, 11) is 0. The van der Waals surface area contributed by atoms with E-state index < -0.39 is 30.8 Å². The van der Waals surface area contributed by atoms with Crippen molar-refractivity contribution >= 4 is 17.5 Å². The standard InChI is InChI=1S/C23H22ClF3N2O6/c24-11-1-2-16-14(3-11)15(30)6-17(33-16)19(31)29-22-8-21(9-22,10-22)18-7-28-20(34-18)32-12-4-13(5-12)35-23(25,26)27/h1-3,7,12-13,15,17,30H,4-6,8-10H2,(H,29,31)/t12-,13+,15-,17-,21?,22?/m1/s1. The quantitative estimate of drug-likeness (QED) is 0.601. The van der Waals surface area contributed by atoms with Crippen LogP contribution in [0.5, 0.6) is 11.8 Å². The van der Waals surface area contributed by atoms with Crippen molar-refractivity contribution in [1.82, 2.24) is 10.3 Å². The van der Waals surface area contributed by atoms with Crippen LogP contribution in [0.2, 0.25) is 5.02 Å². The molecule has 1 aliphatic heterocycles. The molecule has 0 spiro atoms. The molecule has 2 aromatic rings. The highest BCUT2D eigenvalue weighted by atomic mass is 35.5. The zero-order valence-corrected chi connectivity index (χ0v) is 19.1. The van der Waals surface area contributed by atoms with E-state index >= 15 is 0 Å². The number of hydrogen-bond donors (Lipinski definition) is 2. The molecule has 5 aliphatic rings. The Bertz CT molecular complexity index is 1140. The summed E-state index contributed by atoms with van der Waals surface area (Å²) in [6.45, 7) is 0. The normalized spacial score (nSPS) is 35.0. The van der Waals surface area contributed by atoms with Gasteiger partial charge in [0.2, 0.25) is 0 Å². The Kier molecular flexibility index (Phi) is 5.08. The van der Waals surface area contributed by atoms with Crippen molar-refractivity contribution in [2.75, 3.05) is 0 Å². The van der Waals surface area contributed by atoms with Crippen LogP contribution in [0.25, 0.3) is 0 Å². The van der Waals surface area contributed by atoms with E-state index in [9.17, 15) is 23.1 Å². The van der Waals surface area contributed by atoms with Crippen LogP contribution in [-0.2, 0) is 14.9 Å². The van der Waals surface area contributed by atoms with Gasteiger partial charge in [0.15, 0.2) is 6.10 Å². The summed E-state index contributed by atoms with van der Waals surface area (Å²) in [5, 5.41) is 14.0. The summed E-state index contributed by atoms with van der Waals surface area (Å²) in [5.74, 6) is 0.806. The Morgan fingerprint density at radius 3 is 2.66 bits per heavy atom. The van der Waals surface area contributed by atoms with Gasteiger partial charge in [0.1, 0.15) is 17.6 Å². The van der Waals surface area contributed by atoms with Crippen LogP contribution in [0.3, 0.4) is 0 Å². The molecule has 4 aliphatic carbocycles. The molecular weight excluding hydrogens is 493 g/mol. The lowest BCUT2D eigenvalue weighted by atomic mass is 9.38. The number of aromatic nitrogens is 1. The highest BCUT2D eigenvalue weighted by molar-refractivity contribution is 6.30. The van der Waals surface area contributed by atoms with Crippen molar-refractivity contribution in [3.05, 3.63) is 40.7 Å². The molecule has 1 amide bonds. The van der Waals surface area contributed by atoms with E-state index in [-0.39, 0.29) is 42.2 Å². The van der Waals surface area contributed by atoms with Crippen LogP contribution in [0.15, 0.2) is 28.8 Å². The predicted octanol–water partition coefficient (Wildman–Crippen LogP) is 3.95. The second-order valence-electron chi connectivity index (χ2n) is 10.0. The first-order valence-corrected chi connectivity index (χ1v) is 11.7. The number of ether oxygens (including phenoxy) is 3. The predicted molar refractivity (Wildman–Crippen MR) is 113 cm³/mol. The van der Waals surface area contributed by atoms with Crippen LogP contribution in [0, 0.1) is 0 Å². The number of hydrogen-bond acceptors (Lipinski definition) is 7. The molecule has 1 aromatic heterocycles. The Labute approximate surface area is 202 Å². The lowest BCUT2D eigenvalue weighted by Gasteiger charge is -2.69. The van der Waals surface area contributed by atoms with Crippen molar-refractivity contribution in [2.45, 2.75) is 80.3 Å². The van der Waals surface area contributed by atoms with E-state index in [0.29, 0.717) is 41.4 Å². The van der Waals surface area contributed by atoms with Crippen molar-refractivity contribution < 1.29 is 41.7 Å². The topological polar surface area (TPSA) is 103 Å². The summed E-state index contributed by atoms with van der Waals surface area (Å²) in [6, 6.07) is 4.93. The minimum atomic E-state index is -4.65. The average molecular weight is 515 g/mol. The van der Waals surface area contributed by atoms with Crippen molar-refractivity contribution in [1.29, 1.82) is 0 Å². The highest BCUT2D eigenvalue weighted by Gasteiger charge is 2.71. The molecule has 4 fully saturated rings. The van der Waals surface area contributed by atoms with Crippen molar-refractivity contribution in [2.24, 2.45) is 0 Å².